The topological polar surface area (TPSA) is 67.9 Å². The Morgan fingerprint density at radius 3 is 2.39 bits per heavy atom. The third kappa shape index (κ3) is 6.30. The van der Waals surface area contributed by atoms with Gasteiger partial charge in [-0.15, -0.1) is 0 Å². The molecule has 2 amide bonds. The second-order valence-corrected chi connectivity index (χ2v) is 6.72. The van der Waals surface area contributed by atoms with Crippen LogP contribution in [0.2, 0.25) is 0 Å². The lowest BCUT2D eigenvalue weighted by Gasteiger charge is -2.15. The summed E-state index contributed by atoms with van der Waals surface area (Å²) < 4.78 is 11.2. The molecule has 0 saturated carbocycles. The van der Waals surface area contributed by atoms with Crippen LogP contribution in [0.3, 0.4) is 0 Å². The maximum absolute atomic E-state index is 11.9. The predicted molar refractivity (Wildman–Crippen MR) is 106 cm³/mol. The highest BCUT2D eigenvalue weighted by Crippen LogP contribution is 2.18. The lowest BCUT2D eigenvalue weighted by molar-refractivity contribution is -0.127. The van der Waals surface area contributed by atoms with Crippen LogP contribution in [-0.2, 0) is 16.2 Å². The van der Waals surface area contributed by atoms with Crippen LogP contribution in [0.15, 0.2) is 54.6 Å². The van der Waals surface area contributed by atoms with E-state index < -0.39 is 0 Å². The highest BCUT2D eigenvalue weighted by Gasteiger charge is 2.18. The molecule has 6 heteroatoms. The molecule has 0 spiro atoms. The van der Waals surface area contributed by atoms with Crippen molar-refractivity contribution in [3.63, 3.8) is 0 Å². The molecule has 0 aromatic heterocycles. The molecule has 2 aromatic carbocycles. The molecule has 28 heavy (non-hydrogen) atoms. The zero-order valence-corrected chi connectivity index (χ0v) is 15.9. The number of likely N-dealkylation sites (tertiary alicyclic amines) is 1. The number of carbonyl (C=O) groups excluding carboxylic acids is 2. The lowest BCUT2D eigenvalue weighted by atomic mass is 10.2. The zero-order chi connectivity index (χ0) is 19.6. The molecule has 0 aliphatic carbocycles. The van der Waals surface area contributed by atoms with Gasteiger partial charge in [-0.05, 0) is 42.7 Å². The number of hydrogen-bond acceptors (Lipinski definition) is 4. The van der Waals surface area contributed by atoms with Crippen LogP contribution in [0.5, 0.6) is 11.5 Å². The van der Waals surface area contributed by atoms with E-state index in [0.29, 0.717) is 31.9 Å². The van der Waals surface area contributed by atoms with Gasteiger partial charge in [-0.1, -0.05) is 30.3 Å². The maximum Gasteiger partial charge on any atom is 0.257 e. The Hall–Kier alpha value is -3.02. The molecule has 1 aliphatic rings. The smallest absolute Gasteiger partial charge is 0.257 e. The average molecular weight is 382 g/mol. The molecule has 148 valence electrons. The third-order valence-electron chi connectivity index (χ3n) is 4.54. The van der Waals surface area contributed by atoms with Crippen molar-refractivity contribution in [2.45, 2.75) is 25.9 Å². The van der Waals surface area contributed by atoms with Crippen molar-refractivity contribution in [3.8, 4) is 11.5 Å². The number of amides is 2. The molecular formula is C22H26N2O4. The van der Waals surface area contributed by atoms with Gasteiger partial charge in [0, 0.05) is 26.1 Å². The van der Waals surface area contributed by atoms with E-state index >= 15 is 0 Å². The predicted octanol–water partition coefficient (Wildman–Crippen LogP) is 2.77. The van der Waals surface area contributed by atoms with E-state index in [1.807, 2.05) is 47.4 Å². The van der Waals surface area contributed by atoms with E-state index in [-0.39, 0.29) is 18.4 Å². The van der Waals surface area contributed by atoms with E-state index in [0.717, 1.165) is 30.7 Å². The highest BCUT2D eigenvalue weighted by molar-refractivity contribution is 5.78. The minimum atomic E-state index is -0.169. The molecule has 0 radical (unpaired) electrons. The van der Waals surface area contributed by atoms with Crippen LogP contribution in [0, 0.1) is 0 Å². The van der Waals surface area contributed by atoms with Crippen molar-refractivity contribution >= 4 is 11.8 Å². The van der Waals surface area contributed by atoms with Crippen LogP contribution in [-0.4, -0.2) is 43.0 Å². The summed E-state index contributed by atoms with van der Waals surface area (Å²) in [5, 5.41) is 2.81. The van der Waals surface area contributed by atoms with Gasteiger partial charge in [0.2, 0.25) is 5.91 Å². The summed E-state index contributed by atoms with van der Waals surface area (Å²) in [5.41, 5.74) is 1.11. The molecule has 1 saturated heterocycles. The van der Waals surface area contributed by atoms with Crippen molar-refractivity contribution in [1.82, 2.24) is 10.2 Å². The number of rotatable bonds is 10. The minimum absolute atomic E-state index is 0.0349. The van der Waals surface area contributed by atoms with Gasteiger partial charge in [0.15, 0.2) is 6.61 Å². The van der Waals surface area contributed by atoms with Crippen LogP contribution < -0.4 is 14.8 Å². The Bertz CT molecular complexity index is 762. The van der Waals surface area contributed by atoms with Crippen molar-refractivity contribution < 1.29 is 19.1 Å². The molecule has 3 rings (SSSR count). The molecule has 0 atom stereocenters. The number of nitrogens with one attached hydrogen (secondary N) is 1. The van der Waals surface area contributed by atoms with Crippen molar-refractivity contribution in [2.24, 2.45) is 0 Å². The summed E-state index contributed by atoms with van der Waals surface area (Å²) in [6.45, 7) is 2.54. The number of carbonyl (C=O) groups is 2. The molecule has 1 aliphatic heterocycles. The van der Waals surface area contributed by atoms with Gasteiger partial charge in [0.1, 0.15) is 18.1 Å². The summed E-state index contributed by atoms with van der Waals surface area (Å²) in [7, 11) is 0. The van der Waals surface area contributed by atoms with Gasteiger partial charge in [-0.25, -0.2) is 0 Å². The van der Waals surface area contributed by atoms with Crippen LogP contribution in [0.25, 0.3) is 0 Å². The van der Waals surface area contributed by atoms with E-state index in [4.69, 9.17) is 9.47 Å². The Balaban J connectivity index is 1.30. The summed E-state index contributed by atoms with van der Waals surface area (Å²) in [6.07, 6.45) is 2.34. The van der Waals surface area contributed by atoms with Crippen molar-refractivity contribution in [1.29, 1.82) is 0 Å². The van der Waals surface area contributed by atoms with E-state index in [1.54, 1.807) is 12.1 Å². The van der Waals surface area contributed by atoms with Crippen molar-refractivity contribution in [3.05, 3.63) is 60.2 Å². The van der Waals surface area contributed by atoms with E-state index in [2.05, 4.69) is 5.32 Å². The fourth-order valence-corrected chi connectivity index (χ4v) is 3.01. The Morgan fingerprint density at radius 1 is 1.00 bits per heavy atom. The molecular weight excluding hydrogens is 356 g/mol. The van der Waals surface area contributed by atoms with E-state index in [1.165, 1.54) is 0 Å². The summed E-state index contributed by atoms with van der Waals surface area (Å²) >= 11 is 0. The van der Waals surface area contributed by atoms with Crippen LogP contribution >= 0.6 is 0 Å². The summed E-state index contributed by atoms with van der Waals surface area (Å²) in [5.74, 6) is 1.41. The van der Waals surface area contributed by atoms with Gasteiger partial charge in [0.25, 0.3) is 5.91 Å². The second kappa shape index (κ2) is 10.3. The highest BCUT2D eigenvalue weighted by atomic mass is 16.5. The maximum atomic E-state index is 11.9. The summed E-state index contributed by atoms with van der Waals surface area (Å²) in [6, 6.07) is 17.2. The van der Waals surface area contributed by atoms with Gasteiger partial charge < -0.3 is 19.7 Å². The van der Waals surface area contributed by atoms with E-state index in [9.17, 15) is 9.59 Å². The summed E-state index contributed by atoms with van der Waals surface area (Å²) in [4.78, 5) is 25.2. The molecule has 6 nitrogen and oxygen atoms in total. The normalized spacial score (nSPS) is 13.4. The van der Waals surface area contributed by atoms with Gasteiger partial charge in [-0.3, -0.25) is 9.59 Å². The molecule has 0 bridgehead atoms. The standard InChI is InChI=1S/C22H26N2O4/c25-21(23-13-5-15-24-14-4-8-22(24)26)17-28-20-11-9-19(10-12-20)27-16-18-6-2-1-3-7-18/h1-3,6-7,9-12H,4-5,8,13-17H2,(H,23,25). The molecule has 0 unspecified atom stereocenters. The SMILES string of the molecule is O=C(COc1ccc(OCc2ccccc2)cc1)NCCCN1CCCC1=O. The molecule has 2 aromatic rings. The van der Waals surface area contributed by atoms with Gasteiger partial charge in [-0.2, -0.15) is 0 Å². The zero-order valence-electron chi connectivity index (χ0n) is 15.9. The average Bonchev–Trinajstić information content (AvgIpc) is 3.14. The Morgan fingerprint density at radius 2 is 1.71 bits per heavy atom. The van der Waals surface area contributed by atoms with Crippen LogP contribution in [0.4, 0.5) is 0 Å². The number of nitrogens with zero attached hydrogens (tertiary/aromatic N) is 1. The van der Waals surface area contributed by atoms with Crippen molar-refractivity contribution in [2.75, 3.05) is 26.2 Å². The molecule has 1 heterocycles. The first kappa shape index (κ1) is 19.7. The first-order valence-corrected chi connectivity index (χ1v) is 9.65. The molecule has 1 fully saturated rings. The Kier molecular flexibility index (Phi) is 7.29. The molecule has 1 N–H and O–H groups in total. The third-order valence-corrected chi connectivity index (χ3v) is 4.54. The lowest BCUT2D eigenvalue weighted by Crippen LogP contribution is -2.33. The number of hydrogen-bond donors (Lipinski definition) is 1. The quantitative estimate of drug-likeness (QED) is 0.642. The minimum Gasteiger partial charge on any atom is -0.489 e. The monoisotopic (exact) mass is 382 g/mol. The first-order chi connectivity index (χ1) is 13.7. The fourth-order valence-electron chi connectivity index (χ4n) is 3.01. The number of benzene rings is 2. The van der Waals surface area contributed by atoms with Gasteiger partial charge >= 0.3 is 0 Å². The van der Waals surface area contributed by atoms with Gasteiger partial charge in [0.05, 0.1) is 0 Å². The van der Waals surface area contributed by atoms with Crippen LogP contribution in [0.1, 0.15) is 24.8 Å². The first-order valence-electron chi connectivity index (χ1n) is 9.65. The fraction of sp³-hybridized carbons (Fsp3) is 0.364. The second-order valence-electron chi connectivity index (χ2n) is 6.72. The largest absolute Gasteiger partial charge is 0.489 e. The Labute approximate surface area is 165 Å². The number of ether oxygens (including phenoxy) is 2.